The Balaban J connectivity index is 1.37. The first kappa shape index (κ1) is 25.5. The van der Waals surface area contributed by atoms with Gasteiger partial charge in [-0.1, -0.05) is 43.9 Å². The van der Waals surface area contributed by atoms with E-state index in [4.69, 9.17) is 0 Å². The molecule has 6 rings (SSSR count). The lowest BCUT2D eigenvalue weighted by molar-refractivity contribution is 0.0697. The lowest BCUT2D eigenvalue weighted by atomic mass is 9.81. The van der Waals surface area contributed by atoms with Crippen molar-refractivity contribution < 1.29 is 9.90 Å². The topological polar surface area (TPSA) is 48.7 Å². The summed E-state index contributed by atoms with van der Waals surface area (Å²) in [6.45, 7) is 8.90. The van der Waals surface area contributed by atoms with Crippen LogP contribution in [0.4, 0.5) is 5.69 Å². The summed E-state index contributed by atoms with van der Waals surface area (Å²) in [4.78, 5) is 17.2. The maximum absolute atomic E-state index is 11.9. The Kier molecular flexibility index (Phi) is 7.47. The number of hydrogen-bond donors (Lipinski definition) is 1. The van der Waals surface area contributed by atoms with Crippen LogP contribution in [-0.2, 0) is 6.54 Å². The van der Waals surface area contributed by atoms with Crippen molar-refractivity contribution in [1.82, 2.24) is 9.47 Å². The molecule has 0 amide bonds. The van der Waals surface area contributed by atoms with Crippen LogP contribution in [0.25, 0.3) is 22.2 Å². The molecule has 1 saturated heterocycles. The molecule has 3 aromatic rings. The predicted octanol–water partition coefficient (Wildman–Crippen LogP) is 7.45. The number of aromatic nitrogens is 1. The molecular weight excluding hydrogens is 470 g/mol. The van der Waals surface area contributed by atoms with E-state index in [2.05, 4.69) is 45.6 Å². The molecule has 0 unspecified atom stereocenters. The maximum atomic E-state index is 11.9. The van der Waals surface area contributed by atoms with Crippen molar-refractivity contribution in [2.45, 2.75) is 83.6 Å². The van der Waals surface area contributed by atoms with E-state index in [0.717, 1.165) is 25.2 Å². The molecule has 3 heterocycles. The van der Waals surface area contributed by atoms with Crippen LogP contribution in [0.3, 0.4) is 0 Å². The van der Waals surface area contributed by atoms with Crippen molar-refractivity contribution in [3.05, 3.63) is 53.1 Å². The molecule has 2 aliphatic heterocycles. The van der Waals surface area contributed by atoms with Gasteiger partial charge in [-0.15, -0.1) is 0 Å². The van der Waals surface area contributed by atoms with Crippen LogP contribution in [0, 0.1) is 6.92 Å². The summed E-state index contributed by atoms with van der Waals surface area (Å²) >= 11 is 0. The second-order valence-electron chi connectivity index (χ2n) is 11.9. The van der Waals surface area contributed by atoms with Gasteiger partial charge in [0.15, 0.2) is 0 Å². The minimum Gasteiger partial charge on any atom is -0.478 e. The highest BCUT2D eigenvalue weighted by molar-refractivity contribution is 5.99. The number of nitrogens with zero attached hydrogens (tertiary/aromatic N) is 3. The molecule has 0 radical (unpaired) electrons. The molecule has 2 fully saturated rings. The molecule has 1 saturated carbocycles. The van der Waals surface area contributed by atoms with E-state index in [1.54, 1.807) is 0 Å². The normalized spacial score (nSPS) is 18.8. The number of piperidine rings is 1. The number of aryl methyl sites for hydroxylation is 1. The Morgan fingerprint density at radius 3 is 2.42 bits per heavy atom. The number of rotatable bonds is 7. The molecule has 0 bridgehead atoms. The summed E-state index contributed by atoms with van der Waals surface area (Å²) in [6.07, 6.45) is 12.9. The number of likely N-dealkylation sites (tertiary alicyclic amines) is 1. The van der Waals surface area contributed by atoms with Gasteiger partial charge >= 0.3 is 5.97 Å². The number of fused-ring (bicyclic) bond motifs is 5. The molecule has 1 aromatic heterocycles. The van der Waals surface area contributed by atoms with Crippen molar-refractivity contribution in [1.29, 1.82) is 0 Å². The second-order valence-corrected chi connectivity index (χ2v) is 11.9. The Morgan fingerprint density at radius 1 is 0.868 bits per heavy atom. The number of benzene rings is 2. The van der Waals surface area contributed by atoms with Gasteiger partial charge < -0.3 is 19.5 Å². The second kappa shape index (κ2) is 11.1. The Hall–Kier alpha value is -2.79. The van der Waals surface area contributed by atoms with E-state index >= 15 is 0 Å². The third kappa shape index (κ3) is 4.98. The van der Waals surface area contributed by atoms with Crippen LogP contribution in [0.1, 0.15) is 91.6 Å². The largest absolute Gasteiger partial charge is 0.478 e. The standard InChI is InChI=1S/C33H43N3O2/c1-24-12-14-28-29(22-24)35(19-9-8-18-34-16-6-3-7-17-34)20-21-36-30-23-26(33(37)38)13-15-27(30)31(32(28)36)25-10-4-2-5-11-25/h12-15,22-23,25H,2-11,16-21H2,1H3,(H,37,38). The van der Waals surface area contributed by atoms with Crippen LogP contribution in [0.2, 0.25) is 0 Å². The third-order valence-electron chi connectivity index (χ3n) is 9.31. The number of carbonyl (C=O) groups is 1. The molecule has 0 spiro atoms. The first-order valence-corrected chi connectivity index (χ1v) is 15.1. The molecule has 38 heavy (non-hydrogen) atoms. The summed E-state index contributed by atoms with van der Waals surface area (Å²) in [6, 6.07) is 12.8. The summed E-state index contributed by atoms with van der Waals surface area (Å²) in [7, 11) is 0. The Morgan fingerprint density at radius 2 is 1.63 bits per heavy atom. The first-order chi connectivity index (χ1) is 18.6. The van der Waals surface area contributed by atoms with Crippen LogP contribution in [0.15, 0.2) is 36.4 Å². The summed E-state index contributed by atoms with van der Waals surface area (Å²) < 4.78 is 2.47. The highest BCUT2D eigenvalue weighted by atomic mass is 16.4. The third-order valence-corrected chi connectivity index (χ3v) is 9.31. The van der Waals surface area contributed by atoms with Gasteiger partial charge in [0.2, 0.25) is 0 Å². The van der Waals surface area contributed by atoms with E-state index in [9.17, 15) is 9.90 Å². The lowest BCUT2D eigenvalue weighted by Crippen LogP contribution is -2.32. The van der Waals surface area contributed by atoms with Crippen molar-refractivity contribution in [3.63, 3.8) is 0 Å². The molecule has 2 aromatic carbocycles. The van der Waals surface area contributed by atoms with Crippen molar-refractivity contribution in [3.8, 4) is 11.3 Å². The maximum Gasteiger partial charge on any atom is 0.335 e. The van der Waals surface area contributed by atoms with Gasteiger partial charge in [0.1, 0.15) is 0 Å². The highest BCUT2D eigenvalue weighted by Crippen LogP contribution is 2.47. The van der Waals surface area contributed by atoms with Crippen molar-refractivity contribution in [2.75, 3.05) is 37.6 Å². The van der Waals surface area contributed by atoms with Crippen LogP contribution in [0.5, 0.6) is 0 Å². The minimum absolute atomic E-state index is 0.385. The van der Waals surface area contributed by atoms with E-state index in [-0.39, 0.29) is 0 Å². The number of hydrogen-bond acceptors (Lipinski definition) is 3. The minimum atomic E-state index is -0.846. The zero-order chi connectivity index (χ0) is 26.1. The monoisotopic (exact) mass is 513 g/mol. The number of aromatic carboxylic acids is 1. The quantitative estimate of drug-likeness (QED) is 0.333. The lowest BCUT2D eigenvalue weighted by Gasteiger charge is -2.28. The molecule has 1 N–H and O–H groups in total. The van der Waals surface area contributed by atoms with Crippen molar-refractivity contribution >= 4 is 22.6 Å². The van der Waals surface area contributed by atoms with E-state index < -0.39 is 5.97 Å². The Bertz CT molecular complexity index is 1300. The summed E-state index contributed by atoms with van der Waals surface area (Å²) in [5, 5.41) is 11.0. The van der Waals surface area contributed by atoms with Crippen LogP contribution >= 0.6 is 0 Å². The van der Waals surface area contributed by atoms with Crippen LogP contribution in [-0.4, -0.2) is 53.3 Å². The van der Waals surface area contributed by atoms with E-state index in [0.29, 0.717) is 11.5 Å². The van der Waals surface area contributed by atoms with Gasteiger partial charge in [-0.2, -0.15) is 0 Å². The molecule has 202 valence electrons. The smallest absolute Gasteiger partial charge is 0.335 e. The summed E-state index contributed by atoms with van der Waals surface area (Å²) in [5.41, 5.74) is 8.29. The number of carboxylic acids is 1. The molecule has 3 aliphatic rings. The van der Waals surface area contributed by atoms with Gasteiger partial charge in [0.25, 0.3) is 0 Å². The fraction of sp³-hybridized carbons (Fsp3) is 0.545. The van der Waals surface area contributed by atoms with Gasteiger partial charge in [0, 0.05) is 41.8 Å². The molecule has 5 heteroatoms. The number of unbranched alkanes of at least 4 members (excludes halogenated alkanes) is 1. The Labute approximate surface area is 227 Å². The fourth-order valence-electron chi connectivity index (χ4n) is 7.33. The zero-order valence-electron chi connectivity index (χ0n) is 23.1. The first-order valence-electron chi connectivity index (χ1n) is 15.1. The van der Waals surface area contributed by atoms with Crippen molar-refractivity contribution in [2.24, 2.45) is 0 Å². The molecule has 5 nitrogen and oxygen atoms in total. The van der Waals surface area contributed by atoms with Gasteiger partial charge in [-0.3, -0.25) is 0 Å². The highest BCUT2D eigenvalue weighted by Gasteiger charge is 2.30. The molecule has 1 aliphatic carbocycles. The van der Waals surface area contributed by atoms with Gasteiger partial charge in [-0.25, -0.2) is 4.79 Å². The predicted molar refractivity (Wildman–Crippen MR) is 157 cm³/mol. The molecule has 0 atom stereocenters. The number of carboxylic acid groups (broad SMARTS) is 1. The van der Waals surface area contributed by atoms with Crippen LogP contribution < -0.4 is 4.90 Å². The average molecular weight is 514 g/mol. The van der Waals surface area contributed by atoms with E-state index in [1.165, 1.54) is 117 Å². The SMILES string of the molecule is Cc1ccc2c(c1)N(CCCCN1CCCCC1)CCn1c-2c(C2CCCCC2)c2ccc(C(=O)O)cc21. The number of anilines is 1. The fourth-order valence-corrected chi connectivity index (χ4v) is 7.33. The van der Waals surface area contributed by atoms with Gasteiger partial charge in [-0.05, 0) is 100 Å². The average Bonchev–Trinajstić information content (AvgIpc) is 3.18. The summed E-state index contributed by atoms with van der Waals surface area (Å²) in [5.74, 6) is -0.301. The molecular formula is C33H43N3O2. The van der Waals surface area contributed by atoms with Gasteiger partial charge in [0.05, 0.1) is 11.3 Å². The zero-order valence-corrected chi connectivity index (χ0v) is 23.1. The van der Waals surface area contributed by atoms with E-state index in [1.807, 2.05) is 12.1 Å².